The lowest BCUT2D eigenvalue weighted by molar-refractivity contribution is -0.0211. The summed E-state index contributed by atoms with van der Waals surface area (Å²) in [6.07, 6.45) is 2.58. The first-order valence-electron chi connectivity index (χ1n) is 5.90. The van der Waals surface area contributed by atoms with Crippen LogP contribution in [0.2, 0.25) is 0 Å². The normalized spacial score (nSPS) is 29.8. The van der Waals surface area contributed by atoms with Gasteiger partial charge in [0, 0.05) is 25.2 Å². The van der Waals surface area contributed by atoms with Gasteiger partial charge < -0.3 is 10.5 Å². The molecule has 2 rings (SSSR count). The van der Waals surface area contributed by atoms with Gasteiger partial charge in [-0.2, -0.15) is 0 Å². The molecule has 0 bridgehead atoms. The van der Waals surface area contributed by atoms with Gasteiger partial charge in [-0.25, -0.2) is 10.4 Å². The number of morpholine rings is 1. The van der Waals surface area contributed by atoms with E-state index in [9.17, 15) is 0 Å². The minimum absolute atomic E-state index is 0.0460. The Kier molecular flexibility index (Phi) is 3.03. The fraction of sp³-hybridized carbons (Fsp3) is 1.00. The van der Waals surface area contributed by atoms with E-state index in [1.54, 1.807) is 0 Å². The Balaban J connectivity index is 1.94. The highest BCUT2D eigenvalue weighted by molar-refractivity contribution is 5.08. The van der Waals surface area contributed by atoms with Gasteiger partial charge in [-0.1, -0.05) is 6.92 Å². The third-order valence-corrected chi connectivity index (χ3v) is 4.16. The predicted molar refractivity (Wildman–Crippen MR) is 60.3 cm³/mol. The zero-order valence-corrected chi connectivity index (χ0v) is 9.88. The van der Waals surface area contributed by atoms with Crippen molar-refractivity contribution in [1.82, 2.24) is 10.4 Å². The van der Waals surface area contributed by atoms with E-state index in [-0.39, 0.29) is 5.54 Å². The summed E-state index contributed by atoms with van der Waals surface area (Å²) in [6, 6.07) is 0. The van der Waals surface area contributed by atoms with E-state index in [1.165, 1.54) is 12.8 Å². The van der Waals surface area contributed by atoms with Crippen molar-refractivity contribution in [3.63, 3.8) is 0 Å². The second-order valence-electron chi connectivity index (χ2n) is 5.31. The minimum Gasteiger partial charge on any atom is -0.379 e. The summed E-state index contributed by atoms with van der Waals surface area (Å²) < 4.78 is 5.34. The largest absolute Gasteiger partial charge is 0.379 e. The molecule has 1 aliphatic carbocycles. The van der Waals surface area contributed by atoms with Crippen LogP contribution in [0.15, 0.2) is 0 Å². The number of nitrogens with zero attached hydrogens (tertiary/aromatic N) is 1. The Hall–Kier alpha value is -0.160. The summed E-state index contributed by atoms with van der Waals surface area (Å²) in [5.74, 6) is 0. The van der Waals surface area contributed by atoms with Crippen LogP contribution in [0.3, 0.4) is 0 Å². The number of hydrogen-bond acceptors (Lipinski definition) is 4. The maximum atomic E-state index is 5.93. The highest BCUT2D eigenvalue weighted by atomic mass is 16.5. The molecule has 1 heterocycles. The van der Waals surface area contributed by atoms with Gasteiger partial charge in [-0.3, -0.25) is 0 Å². The highest BCUT2D eigenvalue weighted by Gasteiger charge is 2.52. The molecule has 1 atom stereocenters. The van der Waals surface area contributed by atoms with Crippen molar-refractivity contribution in [2.75, 3.05) is 32.8 Å². The zero-order valence-electron chi connectivity index (χ0n) is 9.88. The smallest absolute Gasteiger partial charge is 0.0608 e. The fourth-order valence-corrected chi connectivity index (χ4v) is 2.19. The average Bonchev–Trinajstić information content (AvgIpc) is 2.99. The van der Waals surface area contributed by atoms with E-state index in [0.717, 1.165) is 26.3 Å². The Morgan fingerprint density at radius 2 is 2.00 bits per heavy atom. The molecule has 1 saturated carbocycles. The summed E-state index contributed by atoms with van der Waals surface area (Å²) in [6.45, 7) is 8.84. The molecule has 3 N–H and O–H groups in total. The molecule has 0 aromatic rings. The fourth-order valence-electron chi connectivity index (χ4n) is 2.19. The molecule has 1 aliphatic heterocycles. The Morgan fingerprint density at radius 3 is 2.47 bits per heavy atom. The lowest BCUT2D eigenvalue weighted by Gasteiger charge is -2.42. The number of hydrazine groups is 1. The number of rotatable bonds is 4. The average molecular weight is 213 g/mol. The van der Waals surface area contributed by atoms with Gasteiger partial charge in [0.05, 0.1) is 13.2 Å². The van der Waals surface area contributed by atoms with E-state index in [0.29, 0.717) is 12.0 Å². The van der Waals surface area contributed by atoms with Crippen LogP contribution in [0.4, 0.5) is 0 Å². The maximum absolute atomic E-state index is 5.93. The Labute approximate surface area is 92.1 Å². The lowest BCUT2D eigenvalue weighted by Crippen LogP contribution is -2.62. The topological polar surface area (TPSA) is 50.5 Å². The molecule has 0 radical (unpaired) electrons. The molecule has 0 aromatic carbocycles. The van der Waals surface area contributed by atoms with E-state index < -0.39 is 0 Å². The Morgan fingerprint density at radius 1 is 1.40 bits per heavy atom. The summed E-state index contributed by atoms with van der Waals surface area (Å²) in [7, 11) is 0. The van der Waals surface area contributed by atoms with Gasteiger partial charge in [0.1, 0.15) is 0 Å². The van der Waals surface area contributed by atoms with Crippen molar-refractivity contribution in [3.8, 4) is 0 Å². The molecule has 0 spiro atoms. The van der Waals surface area contributed by atoms with Crippen LogP contribution < -0.4 is 11.2 Å². The van der Waals surface area contributed by atoms with Crippen LogP contribution in [0.25, 0.3) is 0 Å². The van der Waals surface area contributed by atoms with Crippen molar-refractivity contribution in [1.29, 1.82) is 0 Å². The standard InChI is InChI=1S/C11H23N3O/c1-10(3-4-10)11(2,9-12)13-14-5-7-15-8-6-14/h13H,3-9,12H2,1-2H3. The monoisotopic (exact) mass is 213 g/mol. The first-order valence-corrected chi connectivity index (χ1v) is 5.90. The molecule has 2 fully saturated rings. The van der Waals surface area contributed by atoms with Gasteiger partial charge in [0.25, 0.3) is 0 Å². The molecule has 0 amide bonds. The third-order valence-electron chi connectivity index (χ3n) is 4.16. The van der Waals surface area contributed by atoms with Gasteiger partial charge in [0.15, 0.2) is 0 Å². The van der Waals surface area contributed by atoms with Crippen LogP contribution in [-0.2, 0) is 4.74 Å². The first kappa shape index (κ1) is 11.3. The number of nitrogens with two attached hydrogens (primary N) is 1. The van der Waals surface area contributed by atoms with Crippen LogP contribution in [0.1, 0.15) is 26.7 Å². The second-order valence-corrected chi connectivity index (χ2v) is 5.31. The zero-order chi connectivity index (χ0) is 10.9. The molecular weight excluding hydrogens is 190 g/mol. The number of hydrogen-bond donors (Lipinski definition) is 2. The summed E-state index contributed by atoms with van der Waals surface area (Å²) in [5.41, 5.74) is 9.98. The van der Waals surface area contributed by atoms with E-state index in [4.69, 9.17) is 10.5 Å². The maximum Gasteiger partial charge on any atom is 0.0608 e. The van der Waals surface area contributed by atoms with Crippen molar-refractivity contribution >= 4 is 0 Å². The summed E-state index contributed by atoms with van der Waals surface area (Å²) in [4.78, 5) is 0. The summed E-state index contributed by atoms with van der Waals surface area (Å²) >= 11 is 0. The molecule has 4 nitrogen and oxygen atoms in total. The molecular formula is C11H23N3O. The highest BCUT2D eigenvalue weighted by Crippen LogP contribution is 2.53. The van der Waals surface area contributed by atoms with E-state index >= 15 is 0 Å². The van der Waals surface area contributed by atoms with Crippen LogP contribution in [0, 0.1) is 5.41 Å². The SMILES string of the molecule is CC1(C(C)(CN)NN2CCOCC2)CC1. The van der Waals surface area contributed by atoms with Crippen molar-refractivity contribution < 1.29 is 4.74 Å². The number of nitrogens with one attached hydrogen (secondary N) is 1. The lowest BCUT2D eigenvalue weighted by atomic mass is 9.84. The van der Waals surface area contributed by atoms with Gasteiger partial charge in [-0.15, -0.1) is 0 Å². The number of ether oxygens (including phenoxy) is 1. The predicted octanol–water partition coefficient (Wildman–Crippen LogP) is 0.341. The van der Waals surface area contributed by atoms with Gasteiger partial charge in [0.2, 0.25) is 0 Å². The van der Waals surface area contributed by atoms with Gasteiger partial charge >= 0.3 is 0 Å². The molecule has 15 heavy (non-hydrogen) atoms. The molecule has 2 aliphatic rings. The quantitative estimate of drug-likeness (QED) is 0.707. The molecule has 1 saturated heterocycles. The van der Waals surface area contributed by atoms with Crippen molar-refractivity contribution in [3.05, 3.63) is 0 Å². The molecule has 0 aromatic heterocycles. The van der Waals surface area contributed by atoms with Crippen molar-refractivity contribution in [2.45, 2.75) is 32.2 Å². The minimum atomic E-state index is 0.0460. The molecule has 88 valence electrons. The third kappa shape index (κ3) is 2.18. The summed E-state index contributed by atoms with van der Waals surface area (Å²) in [5, 5.41) is 2.26. The van der Waals surface area contributed by atoms with E-state index in [2.05, 4.69) is 24.3 Å². The van der Waals surface area contributed by atoms with Crippen molar-refractivity contribution in [2.24, 2.45) is 11.1 Å². The molecule has 4 heteroatoms. The van der Waals surface area contributed by atoms with Crippen LogP contribution >= 0.6 is 0 Å². The van der Waals surface area contributed by atoms with E-state index in [1.807, 2.05) is 0 Å². The van der Waals surface area contributed by atoms with Crippen LogP contribution in [0.5, 0.6) is 0 Å². The first-order chi connectivity index (χ1) is 7.10. The van der Waals surface area contributed by atoms with Gasteiger partial charge in [-0.05, 0) is 25.2 Å². The Bertz CT molecular complexity index is 224. The second kappa shape index (κ2) is 4.01. The molecule has 1 unspecified atom stereocenters. The van der Waals surface area contributed by atoms with Crippen LogP contribution in [-0.4, -0.2) is 43.4 Å².